The minimum atomic E-state index is 0.209. The lowest BCUT2D eigenvalue weighted by atomic mass is 10.2. The van der Waals surface area contributed by atoms with Crippen molar-refractivity contribution in [2.45, 2.75) is 33.7 Å². The molecule has 3 nitrogen and oxygen atoms in total. The number of hydrogen-bond donors (Lipinski definition) is 0. The van der Waals surface area contributed by atoms with E-state index in [0.29, 0.717) is 11.8 Å². The molecule has 1 aliphatic rings. The van der Waals surface area contributed by atoms with Crippen LogP contribution in [0.15, 0.2) is 11.1 Å². The third-order valence-electron chi connectivity index (χ3n) is 3.19. The van der Waals surface area contributed by atoms with E-state index in [4.69, 9.17) is 0 Å². The van der Waals surface area contributed by atoms with Crippen LogP contribution in [0.1, 0.15) is 41.6 Å². The predicted octanol–water partition coefficient (Wildman–Crippen LogP) is 3.70. The number of hydrogen-bond acceptors (Lipinski definition) is 4. The minimum absolute atomic E-state index is 0.209. The molecular weight excluding hydrogens is 276 g/mol. The fourth-order valence-electron chi connectivity index (χ4n) is 2.46. The fraction of sp³-hybridized carbons (Fsp3) is 0.571. The maximum Gasteiger partial charge on any atom is 0.174 e. The van der Waals surface area contributed by atoms with Crippen LogP contribution in [0.4, 0.5) is 0 Å². The van der Waals surface area contributed by atoms with Crippen LogP contribution in [-0.2, 0) is 0 Å². The Labute approximate surface area is 123 Å². The molecule has 1 aromatic rings. The molecule has 104 valence electrons. The third kappa shape index (κ3) is 3.26. The summed E-state index contributed by atoms with van der Waals surface area (Å²) in [4.78, 5) is 16.7. The number of thioether (sulfide) groups is 2. The molecule has 0 amide bonds. The second kappa shape index (κ2) is 6.18. The lowest BCUT2D eigenvalue weighted by Crippen LogP contribution is -2.08. The van der Waals surface area contributed by atoms with Crippen molar-refractivity contribution in [1.82, 2.24) is 4.57 Å². The van der Waals surface area contributed by atoms with Gasteiger partial charge in [-0.1, -0.05) is 23.5 Å². The van der Waals surface area contributed by atoms with Crippen LogP contribution in [0.5, 0.6) is 0 Å². The van der Waals surface area contributed by atoms with Crippen LogP contribution in [0.25, 0.3) is 0 Å². The average molecular weight is 296 g/mol. The van der Waals surface area contributed by atoms with Crippen molar-refractivity contribution in [3.05, 3.63) is 23.0 Å². The molecule has 0 aliphatic carbocycles. The Balaban J connectivity index is 2.08. The first-order valence-corrected chi connectivity index (χ1v) is 8.49. The van der Waals surface area contributed by atoms with Crippen LogP contribution >= 0.6 is 23.5 Å². The first-order chi connectivity index (χ1) is 9.00. The molecule has 0 unspecified atom stereocenters. The van der Waals surface area contributed by atoms with Crippen LogP contribution in [0, 0.1) is 13.8 Å². The molecule has 0 saturated heterocycles. The second-order valence-electron chi connectivity index (χ2n) is 4.96. The number of carbonyl (C=O) groups is 1. The summed E-state index contributed by atoms with van der Waals surface area (Å²) in [6.07, 6.45) is 0. The molecular formula is C14H20N2OS2. The van der Waals surface area contributed by atoms with Gasteiger partial charge in [-0.05, 0) is 33.8 Å². The highest BCUT2D eigenvalue weighted by molar-refractivity contribution is 8.39. The number of aliphatic imine (C=N–C) groups is 1. The van der Waals surface area contributed by atoms with Gasteiger partial charge < -0.3 is 4.57 Å². The van der Waals surface area contributed by atoms with Crippen LogP contribution in [-0.4, -0.2) is 32.8 Å². The zero-order chi connectivity index (χ0) is 14.0. The third-order valence-corrected chi connectivity index (χ3v) is 5.44. The monoisotopic (exact) mass is 296 g/mol. The Morgan fingerprint density at radius 2 is 2.26 bits per heavy atom. The number of Topliss-reactive ketones (excluding diaryl/α,β-unsaturated/α-hetero) is 1. The lowest BCUT2D eigenvalue weighted by Gasteiger charge is -2.13. The molecule has 0 aromatic carbocycles. The molecule has 0 radical (unpaired) electrons. The summed E-state index contributed by atoms with van der Waals surface area (Å²) in [5, 5.41) is 0. The Morgan fingerprint density at radius 1 is 1.53 bits per heavy atom. The van der Waals surface area contributed by atoms with E-state index in [-0.39, 0.29) is 5.78 Å². The van der Waals surface area contributed by atoms with Gasteiger partial charge in [0.05, 0.1) is 12.3 Å². The Bertz CT molecular complexity index is 518. The molecule has 5 heteroatoms. The van der Waals surface area contributed by atoms with Crippen molar-refractivity contribution in [2.75, 3.05) is 18.1 Å². The van der Waals surface area contributed by atoms with E-state index in [9.17, 15) is 4.79 Å². The summed E-state index contributed by atoms with van der Waals surface area (Å²) in [6, 6.07) is 2.41. The van der Waals surface area contributed by atoms with Crippen LogP contribution in [0.2, 0.25) is 0 Å². The molecule has 1 aromatic heterocycles. The van der Waals surface area contributed by atoms with Gasteiger partial charge in [-0.3, -0.25) is 9.79 Å². The molecule has 2 heterocycles. The van der Waals surface area contributed by atoms with Gasteiger partial charge in [0.1, 0.15) is 4.38 Å². The van der Waals surface area contributed by atoms with E-state index in [1.165, 1.54) is 0 Å². The Hall–Kier alpha value is -0.680. The van der Waals surface area contributed by atoms with Gasteiger partial charge in [-0.2, -0.15) is 0 Å². The molecule has 0 saturated carbocycles. The number of rotatable bonds is 4. The van der Waals surface area contributed by atoms with Crippen molar-refractivity contribution in [3.8, 4) is 0 Å². The summed E-state index contributed by atoms with van der Waals surface area (Å²) in [7, 11) is 0. The largest absolute Gasteiger partial charge is 0.346 e. The SMILES string of the molecule is Cc1cc(C(=O)CSC2=NCCS2)c(C)n1C(C)C. The predicted molar refractivity (Wildman–Crippen MR) is 85.8 cm³/mol. The maximum atomic E-state index is 12.3. The molecule has 0 bridgehead atoms. The Morgan fingerprint density at radius 3 is 2.79 bits per heavy atom. The van der Waals surface area contributed by atoms with Gasteiger partial charge in [0.25, 0.3) is 0 Å². The van der Waals surface area contributed by atoms with E-state index >= 15 is 0 Å². The zero-order valence-corrected chi connectivity index (χ0v) is 13.5. The molecule has 0 atom stereocenters. The summed E-state index contributed by atoms with van der Waals surface area (Å²) in [5.74, 6) is 1.76. The molecule has 0 spiro atoms. The van der Waals surface area contributed by atoms with Crippen molar-refractivity contribution in [3.63, 3.8) is 0 Å². The first kappa shape index (κ1) is 14.7. The van der Waals surface area contributed by atoms with E-state index in [2.05, 4.69) is 30.3 Å². The number of aromatic nitrogens is 1. The van der Waals surface area contributed by atoms with Gasteiger partial charge in [-0.15, -0.1) is 0 Å². The first-order valence-electron chi connectivity index (χ1n) is 6.52. The van der Waals surface area contributed by atoms with Gasteiger partial charge in [0.2, 0.25) is 0 Å². The van der Waals surface area contributed by atoms with Gasteiger partial charge in [0, 0.05) is 28.7 Å². The standard InChI is InChI=1S/C14H20N2OS2/c1-9(2)16-10(3)7-12(11(16)4)13(17)8-19-14-15-5-6-18-14/h7,9H,5-6,8H2,1-4H3. The van der Waals surface area contributed by atoms with Crippen molar-refractivity contribution in [1.29, 1.82) is 0 Å². The second-order valence-corrected chi connectivity index (χ2v) is 7.26. The van der Waals surface area contributed by atoms with E-state index < -0.39 is 0 Å². The molecule has 0 fully saturated rings. The Kier molecular flexibility index (Phi) is 4.79. The number of nitrogens with zero attached hydrogens (tertiary/aromatic N) is 2. The lowest BCUT2D eigenvalue weighted by molar-refractivity contribution is 0.102. The molecule has 0 N–H and O–H groups in total. The topological polar surface area (TPSA) is 34.4 Å². The highest BCUT2D eigenvalue weighted by Gasteiger charge is 2.18. The van der Waals surface area contributed by atoms with E-state index in [0.717, 1.165) is 33.6 Å². The average Bonchev–Trinajstić information content (AvgIpc) is 2.94. The molecule has 19 heavy (non-hydrogen) atoms. The fourth-order valence-corrected chi connectivity index (χ4v) is 4.35. The van der Waals surface area contributed by atoms with Gasteiger partial charge >= 0.3 is 0 Å². The van der Waals surface area contributed by atoms with Crippen LogP contribution < -0.4 is 0 Å². The maximum absolute atomic E-state index is 12.3. The molecule has 2 rings (SSSR count). The van der Waals surface area contributed by atoms with Crippen molar-refractivity contribution in [2.24, 2.45) is 4.99 Å². The minimum Gasteiger partial charge on any atom is -0.346 e. The smallest absolute Gasteiger partial charge is 0.174 e. The quantitative estimate of drug-likeness (QED) is 0.794. The van der Waals surface area contributed by atoms with Crippen LogP contribution in [0.3, 0.4) is 0 Å². The van der Waals surface area contributed by atoms with Crippen molar-refractivity contribution >= 4 is 33.7 Å². The highest BCUT2D eigenvalue weighted by Crippen LogP contribution is 2.25. The number of carbonyl (C=O) groups excluding carboxylic acids is 1. The van der Waals surface area contributed by atoms with Gasteiger partial charge in [-0.25, -0.2) is 0 Å². The van der Waals surface area contributed by atoms with Gasteiger partial charge in [0.15, 0.2) is 5.78 Å². The van der Waals surface area contributed by atoms with E-state index in [1.807, 2.05) is 13.0 Å². The summed E-state index contributed by atoms with van der Waals surface area (Å²) < 4.78 is 3.28. The van der Waals surface area contributed by atoms with E-state index in [1.54, 1.807) is 23.5 Å². The summed E-state index contributed by atoms with van der Waals surface area (Å²) >= 11 is 3.33. The normalized spacial score (nSPS) is 15.1. The summed E-state index contributed by atoms with van der Waals surface area (Å²) in [6.45, 7) is 9.28. The molecule has 1 aliphatic heterocycles. The van der Waals surface area contributed by atoms with Crippen molar-refractivity contribution < 1.29 is 4.79 Å². The number of ketones is 1. The summed E-state index contributed by atoms with van der Waals surface area (Å²) in [5.41, 5.74) is 3.11. The number of aryl methyl sites for hydroxylation is 1. The zero-order valence-electron chi connectivity index (χ0n) is 11.9. The highest BCUT2D eigenvalue weighted by atomic mass is 32.2.